The van der Waals surface area contributed by atoms with Crippen molar-refractivity contribution in [3.05, 3.63) is 458 Å². The Kier molecular flexibility index (Phi) is 16.1. The summed E-state index contributed by atoms with van der Waals surface area (Å²) in [5.74, 6) is 0. The van der Waals surface area contributed by atoms with Crippen LogP contribution in [-0.2, 0) is 16.2 Å². The lowest BCUT2D eigenvalue weighted by atomic mass is 9.78. The van der Waals surface area contributed by atoms with Crippen LogP contribution in [0.2, 0.25) is 0 Å². The fourth-order valence-corrected chi connectivity index (χ4v) is 25.2. The van der Waals surface area contributed by atoms with Crippen molar-refractivity contribution >= 4 is 86.2 Å². The molecule has 0 bridgehead atoms. The Hall–Kier alpha value is -15.9. The van der Waals surface area contributed by atoms with Gasteiger partial charge in [-0.2, -0.15) is 0 Å². The maximum absolute atomic E-state index is 2.57. The van der Waals surface area contributed by atoms with E-state index in [1.807, 2.05) is 0 Å². The van der Waals surface area contributed by atoms with E-state index in [1.165, 1.54) is 286 Å². The fraction of sp³-hybridized carbons (Fsp3) is 0.0687. The van der Waals surface area contributed by atoms with E-state index in [1.54, 1.807) is 0 Å². The van der Waals surface area contributed by atoms with Gasteiger partial charge in [0.15, 0.2) is 0 Å². The summed E-state index contributed by atoms with van der Waals surface area (Å²) >= 11 is 0. The van der Waals surface area contributed by atoms with Crippen LogP contribution in [0, 0.1) is 0 Å². The van der Waals surface area contributed by atoms with Crippen LogP contribution in [0.15, 0.2) is 425 Å². The standard InChI is InChI=1S/2C45H30.C41H28/c1-45(2)37-26-36-40-33(41(37)35-25-24-27-14-9-10-19-30(27)44(35)45)22-13-23-34(40)42-38(28-15-5-3-6-16-28)31-20-11-12-21-32(31)39(43(36)42)29-17-7-4-8-18-29;1-45(2)37-25-30-19-10-9-18-29(30)24-35(37)42-33-22-13-23-34-41(33)36(26-38(42)45)44-40(28-16-7-4-8-17-28)32-21-12-11-20-31(32)39(43(34)44)27-14-5-3-6-15-27;1-41(2)33-23-12-11-20-29(33)38-30-21-13-22-31-37(30)32(24-34(38)41)40-36(26-16-7-4-8-17-26)28-19-10-9-18-27(28)35(39(31)40)25-14-5-3-6-15-25/h2*3-26H,1-2H3;3-24H,1-2H3. The Labute approximate surface area is 763 Å². The Morgan fingerprint density at radius 2 is 0.389 bits per heavy atom. The van der Waals surface area contributed by atoms with E-state index in [9.17, 15) is 0 Å². The molecule has 23 aromatic carbocycles. The summed E-state index contributed by atoms with van der Waals surface area (Å²) in [6.07, 6.45) is 0. The van der Waals surface area contributed by atoms with E-state index in [0.717, 1.165) is 0 Å². The Morgan fingerprint density at radius 3 is 0.756 bits per heavy atom. The van der Waals surface area contributed by atoms with Gasteiger partial charge in [-0.05, 0) is 317 Å². The van der Waals surface area contributed by atoms with Gasteiger partial charge in [0.25, 0.3) is 0 Å². The van der Waals surface area contributed by atoms with Crippen LogP contribution < -0.4 is 0 Å². The molecule has 0 atom stereocenters. The first-order valence-corrected chi connectivity index (χ1v) is 46.5. The highest BCUT2D eigenvalue weighted by molar-refractivity contribution is 6.34. The van der Waals surface area contributed by atoms with Crippen LogP contribution in [0.25, 0.3) is 253 Å². The quantitative estimate of drug-likeness (QED) is 0.156. The summed E-state index contributed by atoms with van der Waals surface area (Å²) < 4.78 is 0. The van der Waals surface area contributed by atoms with Crippen molar-refractivity contribution in [3.63, 3.8) is 0 Å². The molecule has 0 heteroatoms. The third-order valence-corrected chi connectivity index (χ3v) is 30.7. The summed E-state index contributed by atoms with van der Waals surface area (Å²) in [6.45, 7) is 14.5. The smallest absolute Gasteiger partial charge is 0.0165 e. The highest BCUT2D eigenvalue weighted by Gasteiger charge is 2.45. The molecule has 0 aromatic heterocycles. The molecule has 131 heavy (non-hydrogen) atoms. The lowest BCUT2D eigenvalue weighted by Crippen LogP contribution is -2.15. The van der Waals surface area contributed by atoms with Gasteiger partial charge in [0, 0.05) is 16.2 Å². The molecule has 0 spiro atoms. The van der Waals surface area contributed by atoms with E-state index in [2.05, 4.69) is 466 Å². The first kappa shape index (κ1) is 75.3. The maximum Gasteiger partial charge on any atom is 0.0165 e. The van der Waals surface area contributed by atoms with Crippen molar-refractivity contribution in [2.45, 2.75) is 57.8 Å². The molecule has 0 unspecified atom stereocenters. The van der Waals surface area contributed by atoms with Crippen molar-refractivity contribution in [2.75, 3.05) is 0 Å². The summed E-state index contributed by atoms with van der Waals surface area (Å²) in [4.78, 5) is 0. The largest absolute Gasteiger partial charge is 0.0622 e. The molecule has 0 radical (unpaired) electrons. The average molecular weight is 1660 g/mol. The summed E-state index contributed by atoms with van der Waals surface area (Å²) in [5.41, 5.74) is 48.5. The molecule has 0 amide bonds. The van der Waals surface area contributed by atoms with E-state index in [0.29, 0.717) is 0 Å². The normalized spacial score (nSPS) is 13.8. The highest BCUT2D eigenvalue weighted by Crippen LogP contribution is 2.67. The number of fused-ring (bicyclic) bond motifs is 27. The maximum atomic E-state index is 2.57. The van der Waals surface area contributed by atoms with Crippen molar-refractivity contribution in [2.24, 2.45) is 0 Å². The van der Waals surface area contributed by atoms with E-state index in [4.69, 9.17) is 0 Å². The van der Waals surface area contributed by atoms with Gasteiger partial charge < -0.3 is 0 Å². The molecule has 0 saturated heterocycles. The number of hydrogen-bond acceptors (Lipinski definition) is 0. The molecule has 0 fully saturated rings. The van der Waals surface area contributed by atoms with Crippen LogP contribution in [0.4, 0.5) is 0 Å². The zero-order valence-corrected chi connectivity index (χ0v) is 73.9. The second-order valence-corrected chi connectivity index (χ2v) is 38.4. The van der Waals surface area contributed by atoms with Gasteiger partial charge in [0.05, 0.1) is 0 Å². The van der Waals surface area contributed by atoms with Crippen molar-refractivity contribution in [3.8, 4) is 167 Å². The van der Waals surface area contributed by atoms with Gasteiger partial charge in [-0.1, -0.05) is 436 Å². The number of benzene rings is 23. The average Bonchev–Trinajstić information content (AvgIpc) is 1.52. The molecule has 23 aromatic rings. The van der Waals surface area contributed by atoms with Crippen LogP contribution in [-0.4, -0.2) is 0 Å². The van der Waals surface area contributed by atoms with Crippen LogP contribution in [0.5, 0.6) is 0 Å². The molecule has 0 nitrogen and oxygen atoms in total. The zero-order valence-electron chi connectivity index (χ0n) is 73.9. The molecular weight excluding hydrogens is 1570 g/mol. The number of rotatable bonds is 6. The van der Waals surface area contributed by atoms with Crippen molar-refractivity contribution in [1.82, 2.24) is 0 Å². The van der Waals surface area contributed by atoms with Gasteiger partial charge in [-0.3, -0.25) is 0 Å². The van der Waals surface area contributed by atoms with Gasteiger partial charge in [-0.15, -0.1) is 0 Å². The van der Waals surface area contributed by atoms with Crippen molar-refractivity contribution < 1.29 is 0 Å². The molecule has 612 valence electrons. The first-order valence-electron chi connectivity index (χ1n) is 46.5. The SMILES string of the molecule is CC1(C)c2cc3c4c(cccc4c2-c2ccc4ccccc4c21)-c1c-3c(-c2ccccc2)c2ccccc2c1-c1ccccc1.CC1(C)c2cc3ccccc3cc2-c2c1cc1c3c(cccc23)-c2c-1c(-c1ccccc1)c1ccccc1c2-c1ccccc1.CC1(C)c2ccccc2-c2c1cc1c3c(cccc23)-c2c-1c(-c1ccccc1)c1ccccc1c2-c1ccccc1. The molecule has 29 rings (SSSR count). The predicted octanol–water partition coefficient (Wildman–Crippen LogP) is 36.1. The third-order valence-electron chi connectivity index (χ3n) is 30.7. The predicted molar refractivity (Wildman–Crippen MR) is 558 cm³/mol. The van der Waals surface area contributed by atoms with Crippen molar-refractivity contribution in [1.29, 1.82) is 0 Å². The fourth-order valence-electron chi connectivity index (χ4n) is 25.2. The molecule has 0 aliphatic heterocycles. The Morgan fingerprint density at radius 1 is 0.130 bits per heavy atom. The number of hydrogen-bond donors (Lipinski definition) is 0. The molecule has 6 aliphatic rings. The lowest BCUT2D eigenvalue weighted by Gasteiger charge is -2.24. The second kappa shape index (κ2) is 28.1. The Balaban J connectivity index is 0.000000101. The first-order chi connectivity index (χ1) is 64.4. The lowest BCUT2D eigenvalue weighted by molar-refractivity contribution is 0.661. The monoisotopic (exact) mass is 1660 g/mol. The van der Waals surface area contributed by atoms with Gasteiger partial charge in [0.1, 0.15) is 0 Å². The minimum absolute atomic E-state index is 0.0681. The Bertz CT molecular complexity index is 8790. The van der Waals surface area contributed by atoms with Gasteiger partial charge >= 0.3 is 0 Å². The van der Waals surface area contributed by atoms with Gasteiger partial charge in [0.2, 0.25) is 0 Å². The molecular formula is C131H88. The third kappa shape index (κ3) is 10.5. The summed E-state index contributed by atoms with van der Waals surface area (Å²) in [5, 5.41) is 21.3. The van der Waals surface area contributed by atoms with Crippen LogP contribution in [0.3, 0.4) is 0 Å². The van der Waals surface area contributed by atoms with Gasteiger partial charge in [-0.25, -0.2) is 0 Å². The minimum atomic E-state index is -0.138. The van der Waals surface area contributed by atoms with E-state index < -0.39 is 0 Å². The van der Waals surface area contributed by atoms with E-state index >= 15 is 0 Å². The molecule has 6 aliphatic carbocycles. The molecule has 0 N–H and O–H groups in total. The van der Waals surface area contributed by atoms with Crippen LogP contribution in [0.1, 0.15) is 74.9 Å². The zero-order chi connectivity index (χ0) is 87.0. The van der Waals surface area contributed by atoms with E-state index in [-0.39, 0.29) is 16.2 Å². The molecule has 0 saturated carbocycles. The highest BCUT2D eigenvalue weighted by atomic mass is 14.5. The topological polar surface area (TPSA) is 0 Å². The summed E-state index contributed by atoms with van der Waals surface area (Å²) in [6, 6.07) is 158. The minimum Gasteiger partial charge on any atom is -0.0622 e. The summed E-state index contributed by atoms with van der Waals surface area (Å²) in [7, 11) is 0. The molecule has 0 heterocycles. The second-order valence-electron chi connectivity index (χ2n) is 38.4. The van der Waals surface area contributed by atoms with Crippen LogP contribution >= 0.6 is 0 Å².